The van der Waals surface area contributed by atoms with Crippen LogP contribution in [0.5, 0.6) is 0 Å². The highest BCUT2D eigenvalue weighted by Gasteiger charge is 2.29. The lowest BCUT2D eigenvalue weighted by molar-refractivity contribution is -0.129. The number of imidazole rings is 1. The maximum atomic E-state index is 12.2. The second-order valence-corrected chi connectivity index (χ2v) is 7.30. The van der Waals surface area contributed by atoms with Crippen molar-refractivity contribution in [2.24, 2.45) is 0 Å². The van der Waals surface area contributed by atoms with E-state index < -0.39 is 28.4 Å². The van der Waals surface area contributed by atoms with Gasteiger partial charge in [0.05, 0.1) is 17.9 Å². The van der Waals surface area contributed by atoms with Crippen LogP contribution in [0.1, 0.15) is 6.42 Å². The summed E-state index contributed by atoms with van der Waals surface area (Å²) in [4.78, 5) is 4.43. The van der Waals surface area contributed by atoms with E-state index in [2.05, 4.69) is 9.71 Å². The SMILES string of the molecule is O=S(=O)(CCC(F)(F)F)Nc1cccc(-c2cn3ccccc3n2)c1. The molecule has 0 saturated carbocycles. The Kier molecular flexibility index (Phi) is 4.42. The molecular weight excluding hydrogens is 355 g/mol. The van der Waals surface area contributed by atoms with Gasteiger partial charge in [0.2, 0.25) is 10.0 Å². The molecule has 1 N–H and O–H groups in total. The van der Waals surface area contributed by atoms with E-state index in [-0.39, 0.29) is 5.69 Å². The molecule has 9 heteroatoms. The molecule has 0 unspecified atom stereocenters. The fourth-order valence-corrected chi connectivity index (χ4v) is 3.38. The molecule has 3 rings (SSSR count). The summed E-state index contributed by atoms with van der Waals surface area (Å²) >= 11 is 0. The number of alkyl halides is 3. The molecular formula is C16H14F3N3O2S. The van der Waals surface area contributed by atoms with Crippen LogP contribution in [0, 0.1) is 0 Å². The van der Waals surface area contributed by atoms with Gasteiger partial charge in [-0.1, -0.05) is 18.2 Å². The molecule has 0 amide bonds. The number of pyridine rings is 1. The van der Waals surface area contributed by atoms with Crippen molar-refractivity contribution in [1.29, 1.82) is 0 Å². The number of hydrogen-bond donors (Lipinski definition) is 1. The molecule has 0 bridgehead atoms. The Morgan fingerprint density at radius 3 is 2.64 bits per heavy atom. The van der Waals surface area contributed by atoms with Gasteiger partial charge >= 0.3 is 6.18 Å². The van der Waals surface area contributed by atoms with Crippen molar-refractivity contribution < 1.29 is 21.6 Å². The van der Waals surface area contributed by atoms with E-state index in [1.807, 2.05) is 28.8 Å². The number of nitrogens with one attached hydrogen (secondary N) is 1. The van der Waals surface area contributed by atoms with Crippen LogP contribution >= 0.6 is 0 Å². The molecule has 0 atom stereocenters. The van der Waals surface area contributed by atoms with Crippen LogP contribution < -0.4 is 4.72 Å². The largest absolute Gasteiger partial charge is 0.390 e. The van der Waals surface area contributed by atoms with Gasteiger partial charge in [-0.15, -0.1) is 0 Å². The van der Waals surface area contributed by atoms with Gasteiger partial charge in [0, 0.05) is 23.6 Å². The van der Waals surface area contributed by atoms with Crippen LogP contribution in [0.2, 0.25) is 0 Å². The lowest BCUT2D eigenvalue weighted by Gasteiger charge is -2.10. The van der Waals surface area contributed by atoms with Crippen molar-refractivity contribution in [3.8, 4) is 11.3 Å². The monoisotopic (exact) mass is 369 g/mol. The second kappa shape index (κ2) is 6.40. The fraction of sp³-hybridized carbons (Fsp3) is 0.188. The third-order valence-electron chi connectivity index (χ3n) is 3.45. The van der Waals surface area contributed by atoms with E-state index in [0.717, 1.165) is 5.65 Å². The summed E-state index contributed by atoms with van der Waals surface area (Å²) in [6.45, 7) is 0. The molecule has 25 heavy (non-hydrogen) atoms. The van der Waals surface area contributed by atoms with Crippen molar-refractivity contribution in [3.63, 3.8) is 0 Å². The van der Waals surface area contributed by atoms with Gasteiger partial charge in [0.15, 0.2) is 0 Å². The van der Waals surface area contributed by atoms with Gasteiger partial charge in [-0.3, -0.25) is 4.72 Å². The average Bonchev–Trinajstić information content (AvgIpc) is 2.96. The zero-order chi connectivity index (χ0) is 18.1. The van der Waals surface area contributed by atoms with Crippen molar-refractivity contribution in [3.05, 3.63) is 54.9 Å². The van der Waals surface area contributed by atoms with Gasteiger partial charge in [-0.2, -0.15) is 13.2 Å². The van der Waals surface area contributed by atoms with Gasteiger partial charge in [0.1, 0.15) is 5.65 Å². The molecule has 0 aliphatic carbocycles. The number of fused-ring (bicyclic) bond motifs is 1. The number of nitrogens with zero attached hydrogens (tertiary/aromatic N) is 2. The van der Waals surface area contributed by atoms with Gasteiger partial charge in [0.25, 0.3) is 0 Å². The molecule has 2 aromatic heterocycles. The molecule has 0 fully saturated rings. The maximum Gasteiger partial charge on any atom is 0.390 e. The Morgan fingerprint density at radius 1 is 1.12 bits per heavy atom. The zero-order valence-corrected chi connectivity index (χ0v) is 13.7. The molecule has 2 heterocycles. The first-order chi connectivity index (χ1) is 11.7. The van der Waals surface area contributed by atoms with Crippen molar-refractivity contribution in [2.45, 2.75) is 12.6 Å². The smallest absolute Gasteiger partial charge is 0.306 e. The summed E-state index contributed by atoms with van der Waals surface area (Å²) in [5.41, 5.74) is 2.20. The molecule has 132 valence electrons. The predicted octanol–water partition coefficient (Wildman–Crippen LogP) is 3.70. The van der Waals surface area contributed by atoms with Crippen LogP contribution in [0.15, 0.2) is 54.9 Å². The van der Waals surface area contributed by atoms with Gasteiger partial charge < -0.3 is 4.40 Å². The molecule has 3 aromatic rings. The first kappa shape index (κ1) is 17.3. The van der Waals surface area contributed by atoms with Crippen molar-refractivity contribution in [2.75, 3.05) is 10.5 Å². The Hall–Kier alpha value is -2.55. The third-order valence-corrected chi connectivity index (χ3v) is 4.74. The molecule has 0 spiro atoms. The number of hydrogen-bond acceptors (Lipinski definition) is 3. The predicted molar refractivity (Wildman–Crippen MR) is 88.7 cm³/mol. The van der Waals surface area contributed by atoms with Crippen molar-refractivity contribution in [1.82, 2.24) is 9.38 Å². The number of sulfonamides is 1. The van der Waals surface area contributed by atoms with E-state index in [4.69, 9.17) is 0 Å². The highest BCUT2D eigenvalue weighted by atomic mass is 32.2. The van der Waals surface area contributed by atoms with Crippen LogP contribution in [0.4, 0.5) is 18.9 Å². The quantitative estimate of drug-likeness (QED) is 0.746. The van der Waals surface area contributed by atoms with Crippen LogP contribution in [0.25, 0.3) is 16.9 Å². The minimum Gasteiger partial charge on any atom is -0.306 e. The standard InChI is InChI=1S/C16H14F3N3O2S/c17-16(18,19)7-9-25(23,24)21-13-5-3-4-12(10-13)14-11-22-8-2-1-6-15(22)20-14/h1-6,8,10-11,21H,7,9H2. The topological polar surface area (TPSA) is 63.5 Å². The summed E-state index contributed by atoms with van der Waals surface area (Å²) in [7, 11) is -4.09. The summed E-state index contributed by atoms with van der Waals surface area (Å²) < 4.78 is 64.2. The van der Waals surface area contributed by atoms with E-state index >= 15 is 0 Å². The van der Waals surface area contributed by atoms with Crippen LogP contribution in [-0.4, -0.2) is 29.7 Å². The normalized spacial score (nSPS) is 12.4. The lowest BCUT2D eigenvalue weighted by Crippen LogP contribution is -2.21. The molecule has 5 nitrogen and oxygen atoms in total. The lowest BCUT2D eigenvalue weighted by atomic mass is 10.1. The molecule has 1 aromatic carbocycles. The summed E-state index contributed by atoms with van der Waals surface area (Å²) in [5.74, 6) is -1.02. The van der Waals surface area contributed by atoms with Crippen LogP contribution in [-0.2, 0) is 10.0 Å². The van der Waals surface area contributed by atoms with E-state index in [9.17, 15) is 21.6 Å². The number of rotatable bonds is 5. The second-order valence-electron chi connectivity index (χ2n) is 5.46. The fourth-order valence-electron chi connectivity index (χ4n) is 2.30. The Bertz CT molecular complexity index is 964. The number of benzene rings is 1. The molecule has 0 radical (unpaired) electrons. The maximum absolute atomic E-state index is 12.2. The molecule has 0 aliphatic heterocycles. The van der Waals surface area contributed by atoms with Crippen molar-refractivity contribution >= 4 is 21.4 Å². The molecule has 0 aliphatic rings. The minimum atomic E-state index is -4.52. The van der Waals surface area contributed by atoms with Gasteiger partial charge in [-0.05, 0) is 24.3 Å². The van der Waals surface area contributed by atoms with Gasteiger partial charge in [-0.25, -0.2) is 13.4 Å². The first-order valence-corrected chi connectivity index (χ1v) is 8.98. The summed E-state index contributed by atoms with van der Waals surface area (Å²) in [6, 6.07) is 11.9. The van der Waals surface area contributed by atoms with E-state index in [1.165, 1.54) is 12.1 Å². The Labute approximate surface area is 142 Å². The number of anilines is 1. The minimum absolute atomic E-state index is 0.191. The zero-order valence-electron chi connectivity index (χ0n) is 12.9. The Balaban J connectivity index is 1.82. The first-order valence-electron chi connectivity index (χ1n) is 7.33. The van der Waals surface area contributed by atoms with E-state index in [0.29, 0.717) is 11.3 Å². The summed E-state index contributed by atoms with van der Waals surface area (Å²) in [6.07, 6.45) is -2.30. The number of halogens is 3. The highest BCUT2D eigenvalue weighted by Crippen LogP contribution is 2.24. The summed E-state index contributed by atoms with van der Waals surface area (Å²) in [5, 5.41) is 0. The molecule has 0 saturated heterocycles. The highest BCUT2D eigenvalue weighted by molar-refractivity contribution is 7.92. The average molecular weight is 369 g/mol. The van der Waals surface area contributed by atoms with Crippen LogP contribution in [0.3, 0.4) is 0 Å². The Morgan fingerprint density at radius 2 is 1.92 bits per heavy atom. The third kappa shape index (κ3) is 4.50. The van der Waals surface area contributed by atoms with E-state index in [1.54, 1.807) is 18.3 Å². The number of aromatic nitrogens is 2.